The van der Waals surface area contributed by atoms with Gasteiger partial charge in [-0.2, -0.15) is 0 Å². The maximum Gasteiger partial charge on any atom is 0.332 e. The van der Waals surface area contributed by atoms with Gasteiger partial charge in [0.05, 0.1) is 17.2 Å². The first-order valence-electron chi connectivity index (χ1n) is 9.14. The average Bonchev–Trinajstić information content (AvgIpc) is 2.75. The molecule has 1 amide bonds. The zero-order chi connectivity index (χ0) is 21.4. The van der Waals surface area contributed by atoms with E-state index in [2.05, 4.69) is 20.8 Å². The van der Waals surface area contributed by atoms with Gasteiger partial charge in [0, 0.05) is 13.0 Å². The van der Waals surface area contributed by atoms with Gasteiger partial charge < -0.3 is 9.57 Å². The monoisotopic (exact) mass is 389 g/mol. The number of rotatable bonds is 4. The second kappa shape index (κ2) is 7.37. The molecule has 0 spiro atoms. The first kappa shape index (κ1) is 21.6. The van der Waals surface area contributed by atoms with Crippen molar-refractivity contribution in [3.63, 3.8) is 0 Å². The van der Waals surface area contributed by atoms with Gasteiger partial charge in [-0.15, -0.1) is 5.06 Å². The molecule has 0 saturated carbocycles. The summed E-state index contributed by atoms with van der Waals surface area (Å²) in [5.74, 6) is -3.06. The molecule has 1 aromatic rings. The third-order valence-electron chi connectivity index (χ3n) is 4.40. The lowest BCUT2D eigenvalue weighted by Gasteiger charge is -2.33. The Kier molecular flexibility index (Phi) is 5.69. The zero-order valence-electron chi connectivity index (χ0n) is 17.4. The van der Waals surface area contributed by atoms with Crippen LogP contribution in [-0.2, 0) is 19.2 Å². The normalized spacial score (nSPS) is 15.3. The van der Waals surface area contributed by atoms with Crippen LogP contribution in [0.25, 0.3) is 0 Å². The lowest BCUT2D eigenvalue weighted by atomic mass is 9.72. The number of ketones is 1. The molecule has 1 atom stereocenters. The SMILES string of the molecule is CC(=O)ON1C(=O)C(=O)c2ccc(OC(=O)C(CC(C)(C)C)C(C)(C)C)cc21. The molecule has 1 aliphatic rings. The van der Waals surface area contributed by atoms with E-state index in [1.165, 1.54) is 18.2 Å². The van der Waals surface area contributed by atoms with Gasteiger partial charge in [0.15, 0.2) is 0 Å². The molecule has 0 bridgehead atoms. The van der Waals surface area contributed by atoms with Gasteiger partial charge in [0.2, 0.25) is 0 Å². The quantitative estimate of drug-likeness (QED) is 0.443. The number of carbonyl (C=O) groups excluding carboxylic acids is 4. The Morgan fingerprint density at radius 1 is 1.07 bits per heavy atom. The molecular weight excluding hydrogens is 362 g/mol. The Morgan fingerprint density at radius 3 is 2.18 bits per heavy atom. The van der Waals surface area contributed by atoms with E-state index in [0.717, 1.165) is 6.92 Å². The summed E-state index contributed by atoms with van der Waals surface area (Å²) in [5, 5.41) is 0.633. The summed E-state index contributed by atoms with van der Waals surface area (Å²) in [4.78, 5) is 53.0. The fourth-order valence-corrected chi connectivity index (χ4v) is 3.01. The molecule has 0 fully saturated rings. The first-order chi connectivity index (χ1) is 12.7. The summed E-state index contributed by atoms with van der Waals surface area (Å²) in [6.07, 6.45) is 0.636. The molecule has 7 nitrogen and oxygen atoms in total. The fraction of sp³-hybridized carbons (Fsp3) is 0.524. The molecule has 0 radical (unpaired) electrons. The third-order valence-corrected chi connectivity index (χ3v) is 4.40. The van der Waals surface area contributed by atoms with Gasteiger partial charge in [-0.25, -0.2) is 4.79 Å². The second-order valence-corrected chi connectivity index (χ2v) is 9.29. The number of nitrogens with zero attached hydrogens (tertiary/aromatic N) is 1. The van der Waals surface area contributed by atoms with Crippen LogP contribution in [0.5, 0.6) is 5.75 Å². The van der Waals surface area contributed by atoms with Crippen molar-refractivity contribution >= 4 is 29.3 Å². The van der Waals surface area contributed by atoms with Crippen LogP contribution in [-0.4, -0.2) is 23.6 Å². The van der Waals surface area contributed by atoms with Gasteiger partial charge in [-0.3, -0.25) is 14.4 Å². The summed E-state index contributed by atoms with van der Waals surface area (Å²) in [6, 6.07) is 4.20. The summed E-state index contributed by atoms with van der Waals surface area (Å²) in [6.45, 7) is 13.2. The Morgan fingerprint density at radius 2 is 1.68 bits per heavy atom. The van der Waals surface area contributed by atoms with Crippen LogP contribution in [0.2, 0.25) is 0 Å². The maximum absolute atomic E-state index is 12.9. The molecule has 0 aromatic heterocycles. The largest absolute Gasteiger partial charge is 0.426 e. The highest BCUT2D eigenvalue weighted by molar-refractivity contribution is 6.51. The number of esters is 1. The Bertz CT molecular complexity index is 828. The molecule has 152 valence electrons. The van der Waals surface area contributed by atoms with Crippen molar-refractivity contribution < 1.29 is 28.8 Å². The van der Waals surface area contributed by atoms with Crippen molar-refractivity contribution in [1.29, 1.82) is 0 Å². The number of hydroxylamine groups is 1. The summed E-state index contributed by atoms with van der Waals surface area (Å²) >= 11 is 0. The van der Waals surface area contributed by atoms with E-state index < -0.39 is 23.6 Å². The molecular formula is C21H27NO6. The highest BCUT2D eigenvalue weighted by Crippen LogP contribution is 2.38. The second-order valence-electron chi connectivity index (χ2n) is 9.29. The standard InChI is InChI=1S/C21H27NO6/c1-12(23)28-22-16-10-13(8-9-14(16)17(24)18(22)25)27-19(26)15(21(5,6)7)11-20(2,3)4/h8-10,15H,11H2,1-7H3. The van der Waals surface area contributed by atoms with Crippen molar-refractivity contribution in [3.05, 3.63) is 23.8 Å². The minimum atomic E-state index is -0.964. The Labute approximate surface area is 164 Å². The molecule has 1 heterocycles. The number of hydrogen-bond acceptors (Lipinski definition) is 6. The van der Waals surface area contributed by atoms with Gasteiger partial charge in [0.25, 0.3) is 5.78 Å². The minimum absolute atomic E-state index is 0.0696. The molecule has 0 N–H and O–H groups in total. The minimum Gasteiger partial charge on any atom is -0.426 e. The van der Waals surface area contributed by atoms with Crippen molar-refractivity contribution in [2.75, 3.05) is 5.06 Å². The van der Waals surface area contributed by atoms with Crippen molar-refractivity contribution in [2.24, 2.45) is 16.7 Å². The highest BCUT2D eigenvalue weighted by Gasteiger charge is 2.40. The van der Waals surface area contributed by atoms with Crippen LogP contribution in [0.3, 0.4) is 0 Å². The number of anilines is 1. The predicted octanol–water partition coefficient (Wildman–Crippen LogP) is 3.70. The average molecular weight is 389 g/mol. The van der Waals surface area contributed by atoms with Crippen LogP contribution in [0.15, 0.2) is 18.2 Å². The van der Waals surface area contributed by atoms with Crippen molar-refractivity contribution in [2.45, 2.75) is 54.9 Å². The topological polar surface area (TPSA) is 90.0 Å². The van der Waals surface area contributed by atoms with Gasteiger partial charge in [-0.1, -0.05) is 41.5 Å². The zero-order valence-corrected chi connectivity index (χ0v) is 17.4. The number of fused-ring (bicyclic) bond motifs is 1. The van der Waals surface area contributed by atoms with Gasteiger partial charge in [-0.05, 0) is 29.4 Å². The summed E-state index contributed by atoms with van der Waals surface area (Å²) in [7, 11) is 0. The number of hydrogen-bond donors (Lipinski definition) is 0. The van der Waals surface area contributed by atoms with E-state index in [1.807, 2.05) is 20.8 Å². The fourth-order valence-electron chi connectivity index (χ4n) is 3.01. The van der Waals surface area contributed by atoms with E-state index in [1.54, 1.807) is 0 Å². The number of Topliss-reactive ketones (excluding diaryl/α,β-unsaturated/α-hetero) is 1. The van der Waals surface area contributed by atoms with E-state index in [4.69, 9.17) is 9.57 Å². The summed E-state index contributed by atoms with van der Waals surface area (Å²) in [5.41, 5.74) is -0.205. The molecule has 2 rings (SSSR count). The van der Waals surface area contributed by atoms with Crippen LogP contribution in [0.1, 0.15) is 65.2 Å². The predicted molar refractivity (Wildman–Crippen MR) is 103 cm³/mol. The van der Waals surface area contributed by atoms with E-state index in [-0.39, 0.29) is 33.7 Å². The molecule has 0 saturated heterocycles. The first-order valence-corrected chi connectivity index (χ1v) is 9.14. The molecule has 1 unspecified atom stereocenters. The van der Waals surface area contributed by atoms with Gasteiger partial charge >= 0.3 is 17.8 Å². The van der Waals surface area contributed by atoms with Crippen LogP contribution in [0.4, 0.5) is 5.69 Å². The molecule has 0 aliphatic carbocycles. The highest BCUT2D eigenvalue weighted by atomic mass is 16.7. The molecule has 1 aliphatic heterocycles. The number of benzene rings is 1. The van der Waals surface area contributed by atoms with Crippen molar-refractivity contribution in [1.82, 2.24) is 0 Å². The van der Waals surface area contributed by atoms with Crippen LogP contribution in [0, 0.1) is 16.7 Å². The number of carbonyl (C=O) groups is 4. The Hall–Kier alpha value is -2.70. The molecule has 28 heavy (non-hydrogen) atoms. The van der Waals surface area contributed by atoms with Crippen LogP contribution < -0.4 is 9.80 Å². The lowest BCUT2D eigenvalue weighted by molar-refractivity contribution is -0.146. The smallest absolute Gasteiger partial charge is 0.332 e. The van der Waals surface area contributed by atoms with E-state index in [9.17, 15) is 19.2 Å². The number of ether oxygens (including phenoxy) is 1. The van der Waals surface area contributed by atoms with Gasteiger partial charge in [0.1, 0.15) is 5.75 Å². The molecule has 7 heteroatoms. The van der Waals surface area contributed by atoms with E-state index in [0.29, 0.717) is 11.5 Å². The van der Waals surface area contributed by atoms with E-state index >= 15 is 0 Å². The maximum atomic E-state index is 12.9. The lowest BCUT2D eigenvalue weighted by Crippen LogP contribution is -2.35. The van der Waals surface area contributed by atoms with Crippen molar-refractivity contribution in [3.8, 4) is 5.75 Å². The summed E-state index contributed by atoms with van der Waals surface area (Å²) < 4.78 is 5.57. The Balaban J connectivity index is 2.31. The van der Waals surface area contributed by atoms with Crippen LogP contribution >= 0.6 is 0 Å². The molecule has 1 aromatic carbocycles. The third kappa shape index (κ3) is 4.77. The number of amides is 1.